The highest BCUT2D eigenvalue weighted by atomic mass is 35.5. The van der Waals surface area contributed by atoms with Crippen molar-refractivity contribution < 1.29 is 23.4 Å². The van der Waals surface area contributed by atoms with E-state index in [1.54, 1.807) is 75.7 Å². The van der Waals surface area contributed by atoms with Gasteiger partial charge < -0.3 is 30.2 Å². The van der Waals surface area contributed by atoms with Crippen LogP contribution in [0.5, 0.6) is 0 Å². The van der Waals surface area contributed by atoms with E-state index in [1.807, 2.05) is 12.1 Å². The van der Waals surface area contributed by atoms with E-state index in [4.69, 9.17) is 37.3 Å². The van der Waals surface area contributed by atoms with Crippen LogP contribution in [0.3, 0.4) is 0 Å². The third-order valence-electron chi connectivity index (χ3n) is 8.75. The number of anilines is 1. The number of allylic oxidation sites excluding steroid dienone is 2. The van der Waals surface area contributed by atoms with Crippen molar-refractivity contribution in [1.29, 1.82) is 5.26 Å². The van der Waals surface area contributed by atoms with Crippen molar-refractivity contribution in [3.63, 3.8) is 0 Å². The van der Waals surface area contributed by atoms with Gasteiger partial charge in [0, 0.05) is 44.2 Å². The third-order valence-corrected chi connectivity index (χ3v) is 9.66. The number of rotatable bonds is 13. The number of nitrogens with zero attached hydrogens (tertiary/aromatic N) is 4. The topological polar surface area (TPSA) is 158 Å². The normalized spacial score (nSPS) is 17.3. The van der Waals surface area contributed by atoms with Gasteiger partial charge in [0.15, 0.2) is 16.9 Å². The Kier molecular flexibility index (Phi) is 11.5. The monoisotopic (exact) mass is 755 g/mol. The van der Waals surface area contributed by atoms with Gasteiger partial charge >= 0.3 is 0 Å². The van der Waals surface area contributed by atoms with E-state index in [0.29, 0.717) is 40.3 Å². The van der Waals surface area contributed by atoms with Gasteiger partial charge in [-0.05, 0) is 78.1 Å². The summed E-state index contributed by atoms with van der Waals surface area (Å²) in [6.45, 7) is 4.42. The standard InChI is InChI=1S/C39H36Cl2FN7O4/c1-22(50)17-44-19-27-20-47-33(15-26(27)21-52-3)37(51)49-39(11-6-8-29(36(39)41)28-7-4-5-9-30(28)40)38-48-32-14-24(13-25(16-43)35(32)53-38)18-46-31-10-12-45-23(2)34(31)42/h4-15,20,22,36,44,50H,17-19,21H2,1-3H3,(H,45,46)(H,49,51). The number of carbonyl (C=O) groups is 1. The van der Waals surface area contributed by atoms with Gasteiger partial charge in [0.05, 0.1) is 35.0 Å². The number of alkyl halides is 1. The molecule has 0 radical (unpaired) electrons. The van der Waals surface area contributed by atoms with E-state index in [0.717, 1.165) is 11.1 Å². The summed E-state index contributed by atoms with van der Waals surface area (Å²) in [4.78, 5) is 27.5. The van der Waals surface area contributed by atoms with E-state index in [2.05, 4.69) is 32.0 Å². The second kappa shape index (κ2) is 16.2. The molecule has 5 aromatic rings. The SMILES string of the molecule is COCc1cc(C(=O)NC2(c3nc4cc(CNc5ccnc(C)c5F)cc(C#N)c4o3)C=CC=C(c3ccccc3Cl)C2Cl)ncc1CNCC(C)O. The van der Waals surface area contributed by atoms with Crippen molar-refractivity contribution in [2.45, 2.75) is 50.6 Å². The van der Waals surface area contributed by atoms with Crippen LogP contribution >= 0.6 is 23.2 Å². The minimum absolute atomic E-state index is 0.0169. The van der Waals surface area contributed by atoms with Crippen molar-refractivity contribution in [2.75, 3.05) is 19.0 Å². The molecule has 0 saturated heterocycles. The van der Waals surface area contributed by atoms with E-state index in [9.17, 15) is 19.6 Å². The molecule has 3 aromatic heterocycles. The highest BCUT2D eigenvalue weighted by Crippen LogP contribution is 2.44. The lowest BCUT2D eigenvalue weighted by Crippen LogP contribution is -2.52. The predicted molar refractivity (Wildman–Crippen MR) is 201 cm³/mol. The fraction of sp³-hybridized carbons (Fsp3) is 0.256. The molecule has 2 aromatic carbocycles. The molecule has 272 valence electrons. The number of halogens is 3. The number of aromatic nitrogens is 3. The minimum atomic E-state index is -1.59. The lowest BCUT2D eigenvalue weighted by Gasteiger charge is -2.36. The summed E-state index contributed by atoms with van der Waals surface area (Å²) in [7, 11) is 1.55. The van der Waals surface area contributed by atoms with Gasteiger partial charge in [-0.1, -0.05) is 42.0 Å². The van der Waals surface area contributed by atoms with Crippen LogP contribution in [0.15, 0.2) is 83.6 Å². The average Bonchev–Trinajstić information content (AvgIpc) is 3.59. The molecular weight excluding hydrogens is 720 g/mol. The van der Waals surface area contributed by atoms with E-state index >= 15 is 0 Å². The van der Waals surface area contributed by atoms with Gasteiger partial charge in [0.25, 0.3) is 5.91 Å². The number of benzene rings is 2. The summed E-state index contributed by atoms with van der Waals surface area (Å²) in [5.74, 6) is -1.03. The Bertz CT molecular complexity index is 2270. The Morgan fingerprint density at radius 3 is 2.75 bits per heavy atom. The molecule has 11 nitrogen and oxygen atoms in total. The molecule has 53 heavy (non-hydrogen) atoms. The molecule has 0 spiro atoms. The summed E-state index contributed by atoms with van der Waals surface area (Å²) < 4.78 is 26.4. The van der Waals surface area contributed by atoms with Crippen molar-refractivity contribution in [2.24, 2.45) is 0 Å². The van der Waals surface area contributed by atoms with Crippen LogP contribution in [-0.2, 0) is 30.0 Å². The second-order valence-electron chi connectivity index (χ2n) is 12.6. The lowest BCUT2D eigenvalue weighted by molar-refractivity contribution is 0.0901. The van der Waals surface area contributed by atoms with Gasteiger partial charge in [-0.2, -0.15) is 5.26 Å². The average molecular weight is 757 g/mol. The summed E-state index contributed by atoms with van der Waals surface area (Å²) in [6, 6.07) is 15.9. The minimum Gasteiger partial charge on any atom is -0.436 e. The first-order valence-electron chi connectivity index (χ1n) is 16.7. The number of amides is 1. The number of hydrogen-bond acceptors (Lipinski definition) is 10. The molecule has 6 rings (SSSR count). The Morgan fingerprint density at radius 2 is 2.00 bits per heavy atom. The van der Waals surface area contributed by atoms with Crippen LogP contribution in [0.1, 0.15) is 56.8 Å². The third kappa shape index (κ3) is 7.95. The smallest absolute Gasteiger partial charge is 0.271 e. The fourth-order valence-electron chi connectivity index (χ4n) is 6.08. The number of fused-ring (bicyclic) bond motifs is 1. The lowest BCUT2D eigenvalue weighted by atomic mass is 9.82. The maximum atomic E-state index is 14.7. The van der Waals surface area contributed by atoms with Gasteiger partial charge in [0.1, 0.15) is 17.3 Å². The first-order chi connectivity index (χ1) is 25.5. The van der Waals surface area contributed by atoms with Gasteiger partial charge in [0.2, 0.25) is 5.89 Å². The number of pyridine rings is 2. The molecule has 1 amide bonds. The summed E-state index contributed by atoms with van der Waals surface area (Å²) >= 11 is 14.0. The number of aryl methyl sites for hydroxylation is 1. The van der Waals surface area contributed by atoms with Gasteiger partial charge in [-0.25, -0.2) is 9.37 Å². The Labute approximate surface area is 315 Å². The molecule has 0 saturated carbocycles. The van der Waals surface area contributed by atoms with Crippen LogP contribution in [0.2, 0.25) is 5.02 Å². The number of nitriles is 1. The predicted octanol–water partition coefficient (Wildman–Crippen LogP) is 6.71. The molecule has 1 aliphatic rings. The van der Waals surface area contributed by atoms with Gasteiger partial charge in [-0.3, -0.25) is 14.8 Å². The molecule has 0 bridgehead atoms. The zero-order valence-electron chi connectivity index (χ0n) is 29.1. The number of carbonyl (C=O) groups excluding carboxylic acids is 1. The van der Waals surface area contributed by atoms with E-state index in [1.165, 1.54) is 12.3 Å². The van der Waals surface area contributed by atoms with Gasteiger partial charge in [-0.15, -0.1) is 11.6 Å². The molecule has 4 N–H and O–H groups in total. The molecule has 1 aliphatic carbocycles. The number of oxazole rings is 1. The molecule has 0 fully saturated rings. The van der Waals surface area contributed by atoms with Crippen LogP contribution in [0.4, 0.5) is 10.1 Å². The maximum Gasteiger partial charge on any atom is 0.271 e. The zero-order chi connectivity index (χ0) is 37.7. The molecule has 14 heteroatoms. The quantitative estimate of drug-likeness (QED) is 0.0953. The summed E-state index contributed by atoms with van der Waals surface area (Å²) in [6.07, 6.45) is 7.78. The largest absolute Gasteiger partial charge is 0.436 e. The molecule has 3 atom stereocenters. The first-order valence-corrected chi connectivity index (χ1v) is 17.5. The maximum absolute atomic E-state index is 14.7. The van der Waals surface area contributed by atoms with Crippen molar-refractivity contribution in [3.05, 3.63) is 135 Å². The summed E-state index contributed by atoms with van der Waals surface area (Å²) in [5.41, 5.74) is 3.11. The van der Waals surface area contributed by atoms with Crippen molar-refractivity contribution in [3.8, 4) is 6.07 Å². The highest BCUT2D eigenvalue weighted by molar-refractivity contribution is 6.34. The second-order valence-corrected chi connectivity index (χ2v) is 13.5. The molecule has 3 heterocycles. The van der Waals surface area contributed by atoms with Crippen molar-refractivity contribution in [1.82, 2.24) is 25.6 Å². The first kappa shape index (κ1) is 37.6. The van der Waals surface area contributed by atoms with E-state index in [-0.39, 0.29) is 47.3 Å². The van der Waals surface area contributed by atoms with E-state index < -0.39 is 28.7 Å². The molecule has 3 unspecified atom stereocenters. The summed E-state index contributed by atoms with van der Waals surface area (Å²) in [5, 5.41) is 28.5. The molecular formula is C39H36Cl2FN7O4. The Morgan fingerprint density at radius 1 is 1.19 bits per heavy atom. The highest BCUT2D eigenvalue weighted by Gasteiger charge is 2.47. The Hall–Kier alpha value is -5.16. The Balaban J connectivity index is 1.40. The number of aliphatic hydroxyl groups excluding tert-OH is 1. The van der Waals surface area contributed by atoms with Crippen LogP contribution in [0.25, 0.3) is 16.7 Å². The number of hydrogen-bond donors (Lipinski definition) is 4. The number of aliphatic hydroxyl groups is 1. The molecule has 0 aliphatic heterocycles. The zero-order valence-corrected chi connectivity index (χ0v) is 30.6. The number of nitrogens with one attached hydrogen (secondary N) is 3. The number of ether oxygens (including phenoxy) is 1. The van der Waals surface area contributed by atoms with Crippen LogP contribution in [-0.4, -0.2) is 51.1 Å². The van der Waals surface area contributed by atoms with Crippen LogP contribution in [0, 0.1) is 24.1 Å². The number of methoxy groups -OCH3 is 1. The fourth-order valence-corrected chi connectivity index (χ4v) is 6.73. The van der Waals surface area contributed by atoms with Crippen LogP contribution < -0.4 is 16.0 Å². The van der Waals surface area contributed by atoms with Crippen molar-refractivity contribution >= 4 is 51.5 Å².